The van der Waals surface area contributed by atoms with Gasteiger partial charge in [0.2, 0.25) is 5.91 Å². The van der Waals surface area contributed by atoms with Crippen molar-refractivity contribution in [3.8, 4) is 0 Å². The molecule has 1 aromatic rings. The number of carbonyl (C=O) groups is 1. The van der Waals surface area contributed by atoms with Crippen LogP contribution in [0.4, 0.5) is 0 Å². The van der Waals surface area contributed by atoms with Gasteiger partial charge in [0.1, 0.15) is 0 Å². The Kier molecular flexibility index (Phi) is 4.50. The van der Waals surface area contributed by atoms with Crippen LogP contribution in [-0.4, -0.2) is 12.5 Å². The minimum absolute atomic E-state index is 0.0158. The van der Waals surface area contributed by atoms with Crippen LogP contribution in [-0.2, 0) is 11.3 Å². The molecule has 0 saturated carbocycles. The van der Waals surface area contributed by atoms with Crippen LogP contribution in [0.5, 0.6) is 0 Å². The standard InChI is InChI=1S/C12H17BrN2O/c1-12(2,8-14)11(16)15-7-9-3-5-10(13)6-4-9/h3-6H,7-8,14H2,1-2H3,(H,15,16). The molecule has 0 aliphatic rings. The third kappa shape index (κ3) is 3.61. The Hall–Kier alpha value is -0.870. The molecule has 0 saturated heterocycles. The van der Waals surface area contributed by atoms with E-state index >= 15 is 0 Å². The van der Waals surface area contributed by atoms with E-state index in [0.717, 1.165) is 10.0 Å². The summed E-state index contributed by atoms with van der Waals surface area (Å²) in [6.07, 6.45) is 0. The lowest BCUT2D eigenvalue weighted by Crippen LogP contribution is -2.41. The van der Waals surface area contributed by atoms with E-state index in [-0.39, 0.29) is 5.91 Å². The zero-order valence-electron chi connectivity index (χ0n) is 9.59. The lowest BCUT2D eigenvalue weighted by atomic mass is 9.92. The number of amides is 1. The molecule has 88 valence electrons. The Morgan fingerprint density at radius 2 is 1.94 bits per heavy atom. The van der Waals surface area contributed by atoms with Crippen molar-refractivity contribution >= 4 is 21.8 Å². The highest BCUT2D eigenvalue weighted by molar-refractivity contribution is 9.10. The van der Waals surface area contributed by atoms with E-state index in [0.29, 0.717) is 13.1 Å². The summed E-state index contributed by atoms with van der Waals surface area (Å²) < 4.78 is 1.03. The minimum Gasteiger partial charge on any atom is -0.352 e. The lowest BCUT2D eigenvalue weighted by Gasteiger charge is -2.21. The molecule has 0 aliphatic carbocycles. The van der Waals surface area contributed by atoms with Crippen molar-refractivity contribution in [3.63, 3.8) is 0 Å². The molecule has 3 N–H and O–H groups in total. The highest BCUT2D eigenvalue weighted by atomic mass is 79.9. The Balaban J connectivity index is 2.52. The summed E-state index contributed by atoms with van der Waals surface area (Å²) in [5.41, 5.74) is 6.10. The van der Waals surface area contributed by atoms with E-state index in [1.165, 1.54) is 0 Å². The second kappa shape index (κ2) is 5.46. The van der Waals surface area contributed by atoms with E-state index in [9.17, 15) is 4.79 Å². The second-order valence-corrected chi connectivity index (χ2v) is 5.31. The van der Waals surface area contributed by atoms with Crippen LogP contribution in [0, 0.1) is 5.41 Å². The van der Waals surface area contributed by atoms with Crippen molar-refractivity contribution in [2.24, 2.45) is 11.1 Å². The zero-order valence-corrected chi connectivity index (χ0v) is 11.2. The highest BCUT2D eigenvalue weighted by Crippen LogP contribution is 2.13. The van der Waals surface area contributed by atoms with Gasteiger partial charge in [-0.05, 0) is 31.5 Å². The molecule has 0 bridgehead atoms. The minimum atomic E-state index is -0.505. The maximum atomic E-state index is 11.7. The summed E-state index contributed by atoms with van der Waals surface area (Å²) in [6, 6.07) is 7.85. The molecule has 16 heavy (non-hydrogen) atoms. The number of nitrogens with one attached hydrogen (secondary N) is 1. The van der Waals surface area contributed by atoms with Crippen molar-refractivity contribution in [2.45, 2.75) is 20.4 Å². The Morgan fingerprint density at radius 3 is 2.44 bits per heavy atom. The van der Waals surface area contributed by atoms with Crippen LogP contribution in [0.25, 0.3) is 0 Å². The Labute approximate surface area is 105 Å². The molecular weight excluding hydrogens is 268 g/mol. The number of benzene rings is 1. The van der Waals surface area contributed by atoms with Crippen molar-refractivity contribution in [2.75, 3.05) is 6.54 Å². The summed E-state index contributed by atoms with van der Waals surface area (Å²) in [4.78, 5) is 11.7. The van der Waals surface area contributed by atoms with Crippen LogP contribution in [0.1, 0.15) is 19.4 Å². The van der Waals surface area contributed by atoms with Gasteiger partial charge in [0.05, 0.1) is 5.41 Å². The molecule has 1 amide bonds. The maximum absolute atomic E-state index is 11.7. The first-order valence-electron chi connectivity index (χ1n) is 5.18. The number of nitrogens with two attached hydrogens (primary N) is 1. The first-order chi connectivity index (χ1) is 7.45. The quantitative estimate of drug-likeness (QED) is 0.889. The van der Waals surface area contributed by atoms with Gasteiger partial charge < -0.3 is 11.1 Å². The van der Waals surface area contributed by atoms with Gasteiger partial charge in [0, 0.05) is 17.6 Å². The van der Waals surface area contributed by atoms with Crippen molar-refractivity contribution in [1.82, 2.24) is 5.32 Å². The van der Waals surface area contributed by atoms with Gasteiger partial charge in [-0.1, -0.05) is 28.1 Å². The van der Waals surface area contributed by atoms with E-state index in [4.69, 9.17) is 5.73 Å². The van der Waals surface area contributed by atoms with Crippen molar-refractivity contribution in [3.05, 3.63) is 34.3 Å². The summed E-state index contributed by atoms with van der Waals surface area (Å²) in [5, 5.41) is 2.88. The highest BCUT2D eigenvalue weighted by Gasteiger charge is 2.25. The number of carbonyl (C=O) groups excluding carboxylic acids is 1. The molecule has 0 heterocycles. The predicted molar refractivity (Wildman–Crippen MR) is 68.8 cm³/mol. The molecule has 0 aromatic heterocycles. The molecule has 0 atom stereocenters. The molecule has 1 rings (SSSR count). The van der Waals surface area contributed by atoms with E-state index < -0.39 is 5.41 Å². The monoisotopic (exact) mass is 284 g/mol. The molecular formula is C12H17BrN2O. The largest absolute Gasteiger partial charge is 0.352 e. The van der Waals surface area contributed by atoms with Gasteiger partial charge in [-0.15, -0.1) is 0 Å². The molecule has 0 aliphatic heterocycles. The van der Waals surface area contributed by atoms with Gasteiger partial charge >= 0.3 is 0 Å². The van der Waals surface area contributed by atoms with E-state index in [1.807, 2.05) is 38.1 Å². The molecule has 0 unspecified atom stereocenters. The number of hydrogen-bond acceptors (Lipinski definition) is 2. The van der Waals surface area contributed by atoms with Gasteiger partial charge in [-0.2, -0.15) is 0 Å². The predicted octanol–water partition coefficient (Wildman–Crippen LogP) is 2.05. The smallest absolute Gasteiger partial charge is 0.227 e. The molecule has 0 spiro atoms. The maximum Gasteiger partial charge on any atom is 0.227 e. The van der Waals surface area contributed by atoms with Crippen molar-refractivity contribution in [1.29, 1.82) is 0 Å². The fraction of sp³-hybridized carbons (Fsp3) is 0.417. The average Bonchev–Trinajstić information content (AvgIpc) is 2.28. The zero-order chi connectivity index (χ0) is 12.2. The van der Waals surface area contributed by atoms with Crippen LogP contribution in [0.2, 0.25) is 0 Å². The van der Waals surface area contributed by atoms with Crippen LogP contribution in [0.3, 0.4) is 0 Å². The molecule has 0 radical (unpaired) electrons. The van der Waals surface area contributed by atoms with E-state index in [1.54, 1.807) is 0 Å². The number of halogens is 1. The lowest BCUT2D eigenvalue weighted by molar-refractivity contribution is -0.129. The van der Waals surface area contributed by atoms with Gasteiger partial charge in [0.15, 0.2) is 0 Å². The van der Waals surface area contributed by atoms with Crippen LogP contribution >= 0.6 is 15.9 Å². The second-order valence-electron chi connectivity index (χ2n) is 4.40. The Morgan fingerprint density at radius 1 is 1.38 bits per heavy atom. The third-order valence-corrected chi connectivity index (χ3v) is 3.02. The topological polar surface area (TPSA) is 55.1 Å². The first kappa shape index (κ1) is 13.2. The fourth-order valence-electron chi connectivity index (χ4n) is 1.12. The Bertz CT molecular complexity index is 360. The molecule has 0 fully saturated rings. The normalized spacial score (nSPS) is 11.2. The van der Waals surface area contributed by atoms with Gasteiger partial charge in [-0.25, -0.2) is 0 Å². The van der Waals surface area contributed by atoms with Crippen LogP contribution in [0.15, 0.2) is 28.7 Å². The van der Waals surface area contributed by atoms with Gasteiger partial charge in [-0.3, -0.25) is 4.79 Å². The third-order valence-electron chi connectivity index (χ3n) is 2.49. The average molecular weight is 285 g/mol. The molecule has 3 nitrogen and oxygen atoms in total. The fourth-order valence-corrected chi connectivity index (χ4v) is 1.38. The number of hydrogen-bond donors (Lipinski definition) is 2. The first-order valence-corrected chi connectivity index (χ1v) is 5.98. The SMILES string of the molecule is CC(C)(CN)C(=O)NCc1ccc(Br)cc1. The van der Waals surface area contributed by atoms with Crippen molar-refractivity contribution < 1.29 is 4.79 Å². The summed E-state index contributed by atoms with van der Waals surface area (Å²) in [6.45, 7) is 4.56. The summed E-state index contributed by atoms with van der Waals surface area (Å²) in [5.74, 6) is -0.0158. The number of rotatable bonds is 4. The van der Waals surface area contributed by atoms with Crippen LogP contribution < -0.4 is 11.1 Å². The summed E-state index contributed by atoms with van der Waals surface area (Å²) in [7, 11) is 0. The summed E-state index contributed by atoms with van der Waals surface area (Å²) >= 11 is 3.36. The van der Waals surface area contributed by atoms with Gasteiger partial charge in [0.25, 0.3) is 0 Å². The molecule has 1 aromatic carbocycles. The van der Waals surface area contributed by atoms with E-state index in [2.05, 4.69) is 21.2 Å². The molecule has 4 heteroatoms.